The summed E-state index contributed by atoms with van der Waals surface area (Å²) in [6.07, 6.45) is 16.4. The maximum Gasteiger partial charge on any atom is 0.175 e. The second kappa shape index (κ2) is 5.27. The highest BCUT2D eigenvalue weighted by Crippen LogP contribution is 2.78. The van der Waals surface area contributed by atoms with Crippen LogP contribution in [0.5, 0.6) is 0 Å². The molecule has 4 saturated carbocycles. The van der Waals surface area contributed by atoms with Gasteiger partial charge in [-0.1, -0.05) is 23.7 Å². The molecule has 5 aliphatic carbocycles. The van der Waals surface area contributed by atoms with Gasteiger partial charge in [0.2, 0.25) is 0 Å². The van der Waals surface area contributed by atoms with Crippen LogP contribution in [0.15, 0.2) is 29.0 Å². The molecule has 4 unspecified atom stereocenters. The van der Waals surface area contributed by atoms with Crippen molar-refractivity contribution in [3.05, 3.63) is 23.8 Å². The molecule has 0 aromatic carbocycles. The lowest BCUT2D eigenvalue weighted by Crippen LogP contribution is -2.54. The smallest absolute Gasteiger partial charge is 0.175 e. The van der Waals surface area contributed by atoms with Crippen LogP contribution in [-0.2, 0) is 4.74 Å². The lowest BCUT2D eigenvalue weighted by molar-refractivity contribution is -0.198. The fourth-order valence-electron chi connectivity index (χ4n) is 8.45. The van der Waals surface area contributed by atoms with Crippen LogP contribution in [0.1, 0.15) is 64.7 Å². The van der Waals surface area contributed by atoms with Gasteiger partial charge in [0.25, 0.3) is 0 Å². The molecule has 1 aliphatic heterocycles. The molecule has 6 aliphatic rings. The summed E-state index contributed by atoms with van der Waals surface area (Å²) in [7, 11) is 0. The van der Waals surface area contributed by atoms with Crippen molar-refractivity contribution in [1.82, 2.24) is 0 Å². The van der Waals surface area contributed by atoms with Crippen molar-refractivity contribution in [3.8, 4) is 0 Å². The van der Waals surface area contributed by atoms with Crippen LogP contribution in [0.3, 0.4) is 0 Å². The number of aliphatic hydroxyl groups excluding tert-OH is 1. The molecule has 0 aromatic rings. The van der Waals surface area contributed by atoms with Gasteiger partial charge in [0.1, 0.15) is 5.60 Å². The maximum atomic E-state index is 10.2. The Morgan fingerprint density at radius 3 is 2.67 bits per heavy atom. The van der Waals surface area contributed by atoms with E-state index in [0.717, 1.165) is 36.8 Å². The minimum absolute atomic E-state index is 0.159. The van der Waals surface area contributed by atoms with Gasteiger partial charge < -0.3 is 15.1 Å². The van der Waals surface area contributed by atoms with Crippen molar-refractivity contribution in [3.63, 3.8) is 0 Å². The summed E-state index contributed by atoms with van der Waals surface area (Å²) in [6, 6.07) is 0. The number of allylic oxidation sites excluding steroid dienone is 2. The van der Waals surface area contributed by atoms with Gasteiger partial charge >= 0.3 is 0 Å². The van der Waals surface area contributed by atoms with E-state index in [1.165, 1.54) is 38.5 Å². The van der Waals surface area contributed by atoms with Crippen LogP contribution in [0.25, 0.3) is 0 Å². The number of hydrogen-bond acceptors (Lipinski definition) is 4. The Labute approximate surface area is 161 Å². The van der Waals surface area contributed by atoms with E-state index in [2.05, 4.69) is 24.2 Å². The number of fused-ring (bicyclic) bond motifs is 7. The molecule has 0 radical (unpaired) electrons. The van der Waals surface area contributed by atoms with Crippen LogP contribution in [0.2, 0.25) is 0 Å². The third-order valence-electron chi connectivity index (χ3n) is 9.74. The van der Waals surface area contributed by atoms with Crippen molar-refractivity contribution in [2.24, 2.45) is 39.7 Å². The summed E-state index contributed by atoms with van der Waals surface area (Å²) >= 11 is 0. The highest BCUT2D eigenvalue weighted by Gasteiger charge is 2.77. The first-order chi connectivity index (χ1) is 13.0. The van der Waals surface area contributed by atoms with E-state index in [-0.39, 0.29) is 16.4 Å². The standard InChI is InChI=1S/C23H31NO3/c1-21-8-6-17-16-5-3-15(24-26)12-14(16)2-4-18(17)19(21)13-22(10-11-22)23(21)9-7-20(25)27-23/h7,9,12,16-20,25-26H,2-6,8,10-11,13H2,1H3/b24-15+/t16-,17?,18?,19?,20?,21-,23+/m0/s1. The topological polar surface area (TPSA) is 62.1 Å². The summed E-state index contributed by atoms with van der Waals surface area (Å²) < 4.78 is 6.36. The first-order valence-corrected chi connectivity index (χ1v) is 11.0. The Balaban J connectivity index is 1.36. The van der Waals surface area contributed by atoms with Crippen molar-refractivity contribution < 1.29 is 15.1 Å². The van der Waals surface area contributed by atoms with Crippen LogP contribution in [-0.4, -0.2) is 27.9 Å². The molecule has 0 saturated heterocycles. The molecule has 4 fully saturated rings. The van der Waals surface area contributed by atoms with Crippen molar-refractivity contribution in [1.29, 1.82) is 0 Å². The Kier molecular flexibility index (Phi) is 3.28. The van der Waals surface area contributed by atoms with Gasteiger partial charge in [-0.25, -0.2) is 0 Å². The molecule has 0 amide bonds. The van der Waals surface area contributed by atoms with E-state index < -0.39 is 6.29 Å². The fraction of sp³-hybridized carbons (Fsp3) is 0.783. The summed E-state index contributed by atoms with van der Waals surface area (Å²) in [6.45, 7) is 2.48. The van der Waals surface area contributed by atoms with Crippen LogP contribution >= 0.6 is 0 Å². The highest BCUT2D eigenvalue weighted by molar-refractivity contribution is 5.96. The molecule has 27 heavy (non-hydrogen) atoms. The van der Waals surface area contributed by atoms with E-state index >= 15 is 0 Å². The van der Waals surface area contributed by atoms with E-state index in [1.807, 2.05) is 6.08 Å². The first kappa shape index (κ1) is 16.8. The summed E-state index contributed by atoms with van der Waals surface area (Å²) in [5.74, 6) is 2.97. The number of oxime groups is 1. The van der Waals surface area contributed by atoms with E-state index in [1.54, 1.807) is 5.57 Å². The van der Waals surface area contributed by atoms with Crippen molar-refractivity contribution in [2.75, 3.05) is 0 Å². The summed E-state index contributed by atoms with van der Waals surface area (Å²) in [5.41, 5.74) is 2.63. The minimum atomic E-state index is -0.716. The second-order valence-electron chi connectivity index (χ2n) is 10.5. The first-order valence-electron chi connectivity index (χ1n) is 11.0. The SMILES string of the molecule is C[C@]12CCC3C(CCC4=C/C(=N/O)CC[C@@H]43)C1CC1(CC1)[C@@]21C=CC(O)O1. The molecular weight excluding hydrogens is 338 g/mol. The summed E-state index contributed by atoms with van der Waals surface area (Å²) in [4.78, 5) is 0. The molecule has 146 valence electrons. The summed E-state index contributed by atoms with van der Waals surface area (Å²) in [5, 5.41) is 22.9. The van der Waals surface area contributed by atoms with Crippen LogP contribution in [0, 0.1) is 34.5 Å². The zero-order chi connectivity index (χ0) is 18.4. The zero-order valence-corrected chi connectivity index (χ0v) is 16.2. The van der Waals surface area contributed by atoms with Gasteiger partial charge in [-0.05, 0) is 93.6 Å². The van der Waals surface area contributed by atoms with Crippen LogP contribution in [0.4, 0.5) is 0 Å². The number of ether oxygens (including phenoxy) is 1. The van der Waals surface area contributed by atoms with Gasteiger partial charge in [0.15, 0.2) is 6.29 Å². The fourth-order valence-corrected chi connectivity index (χ4v) is 8.45. The minimum Gasteiger partial charge on any atom is -0.411 e. The molecule has 1 heterocycles. The largest absolute Gasteiger partial charge is 0.411 e. The van der Waals surface area contributed by atoms with Gasteiger partial charge in [-0.2, -0.15) is 0 Å². The molecule has 0 aromatic heterocycles. The number of nitrogens with zero attached hydrogens (tertiary/aromatic N) is 1. The Morgan fingerprint density at radius 2 is 1.96 bits per heavy atom. The molecule has 4 heteroatoms. The number of rotatable bonds is 0. The average Bonchev–Trinajstić information content (AvgIpc) is 3.30. The highest BCUT2D eigenvalue weighted by atomic mass is 16.6. The molecule has 6 rings (SSSR count). The van der Waals surface area contributed by atoms with E-state index in [0.29, 0.717) is 11.8 Å². The molecule has 7 atom stereocenters. The van der Waals surface area contributed by atoms with Crippen LogP contribution < -0.4 is 0 Å². The average molecular weight is 370 g/mol. The molecule has 2 spiro atoms. The lowest BCUT2D eigenvalue weighted by atomic mass is 9.50. The molecular formula is C23H31NO3. The quantitative estimate of drug-likeness (QED) is 0.377. The molecule has 0 bridgehead atoms. The Bertz CT molecular complexity index is 766. The number of aliphatic hydroxyl groups is 1. The predicted octanol–water partition coefficient (Wildman–Crippen LogP) is 4.42. The van der Waals surface area contributed by atoms with Gasteiger partial charge in [0.05, 0.1) is 5.71 Å². The third-order valence-corrected chi connectivity index (χ3v) is 9.74. The monoisotopic (exact) mass is 369 g/mol. The molecule has 4 nitrogen and oxygen atoms in total. The third kappa shape index (κ3) is 1.94. The van der Waals surface area contributed by atoms with Gasteiger partial charge in [-0.3, -0.25) is 0 Å². The number of hydrogen-bond donors (Lipinski definition) is 2. The van der Waals surface area contributed by atoms with Crippen molar-refractivity contribution in [2.45, 2.75) is 76.6 Å². The Hall–Kier alpha value is -1.13. The lowest BCUT2D eigenvalue weighted by Gasteiger charge is -2.56. The van der Waals surface area contributed by atoms with E-state index in [9.17, 15) is 10.3 Å². The van der Waals surface area contributed by atoms with Crippen molar-refractivity contribution >= 4 is 5.71 Å². The maximum absolute atomic E-state index is 10.2. The Morgan fingerprint density at radius 1 is 1.11 bits per heavy atom. The normalized spacial score (nSPS) is 53.3. The second-order valence-corrected chi connectivity index (χ2v) is 10.5. The van der Waals surface area contributed by atoms with Gasteiger partial charge in [-0.15, -0.1) is 0 Å². The zero-order valence-electron chi connectivity index (χ0n) is 16.2. The molecule has 2 N–H and O–H groups in total. The van der Waals surface area contributed by atoms with E-state index in [4.69, 9.17) is 4.74 Å². The predicted molar refractivity (Wildman–Crippen MR) is 102 cm³/mol. The van der Waals surface area contributed by atoms with Gasteiger partial charge in [0, 0.05) is 10.8 Å².